The minimum absolute atomic E-state index is 0.0405. The first-order chi connectivity index (χ1) is 6.35. The van der Waals surface area contributed by atoms with E-state index >= 15 is 0 Å². The van der Waals surface area contributed by atoms with Gasteiger partial charge in [0, 0.05) is 18.9 Å². The normalized spacial score (nSPS) is 11.9. The van der Waals surface area contributed by atoms with E-state index in [0.717, 1.165) is 5.56 Å². The number of aryl methyl sites for hydroxylation is 1. The van der Waals surface area contributed by atoms with Crippen molar-refractivity contribution in [3.8, 4) is 0 Å². The Bertz CT molecular complexity index is 434. The highest BCUT2D eigenvalue weighted by Gasteiger charge is 2.15. The molecule has 6 heteroatoms. The zero-order valence-corrected chi connectivity index (χ0v) is 9.43. The van der Waals surface area contributed by atoms with Crippen molar-refractivity contribution >= 4 is 15.7 Å². The van der Waals surface area contributed by atoms with Crippen molar-refractivity contribution in [1.29, 1.82) is 0 Å². The van der Waals surface area contributed by atoms with Crippen LogP contribution in [-0.4, -0.2) is 24.5 Å². The largest absolute Gasteiger partial charge is 0.384 e. The van der Waals surface area contributed by atoms with Crippen LogP contribution in [0.25, 0.3) is 0 Å². The van der Waals surface area contributed by atoms with Gasteiger partial charge in [-0.3, -0.25) is 4.68 Å². The molecule has 0 aromatic carbocycles. The van der Waals surface area contributed by atoms with Gasteiger partial charge in [-0.2, -0.15) is 5.10 Å². The summed E-state index contributed by atoms with van der Waals surface area (Å²) in [5.74, 6) is 0.507. The van der Waals surface area contributed by atoms with Crippen LogP contribution in [0.15, 0.2) is 0 Å². The van der Waals surface area contributed by atoms with Crippen molar-refractivity contribution < 1.29 is 8.42 Å². The summed E-state index contributed by atoms with van der Waals surface area (Å²) in [6, 6.07) is 0. The molecule has 1 aromatic heterocycles. The first-order valence-electron chi connectivity index (χ1n) is 4.33. The van der Waals surface area contributed by atoms with E-state index in [4.69, 9.17) is 5.73 Å². The summed E-state index contributed by atoms with van der Waals surface area (Å²) in [7, 11) is -1.34. The molecule has 0 aliphatic rings. The lowest BCUT2D eigenvalue weighted by Crippen LogP contribution is -2.03. The van der Waals surface area contributed by atoms with Crippen LogP contribution in [0.4, 0.5) is 5.82 Å². The Kier molecular flexibility index (Phi) is 2.84. The molecule has 0 radical (unpaired) electrons. The van der Waals surface area contributed by atoms with Gasteiger partial charge < -0.3 is 5.73 Å². The predicted molar refractivity (Wildman–Crippen MR) is 55.5 cm³/mol. The molecule has 0 unspecified atom stereocenters. The van der Waals surface area contributed by atoms with Gasteiger partial charge in [0.2, 0.25) is 0 Å². The maximum absolute atomic E-state index is 11.1. The summed E-state index contributed by atoms with van der Waals surface area (Å²) in [6.07, 6.45) is 1.89. The van der Waals surface area contributed by atoms with Crippen LogP contribution in [0, 0.1) is 0 Å². The lowest BCUT2D eigenvalue weighted by atomic mass is 10.2. The molecule has 0 aliphatic carbocycles. The molecule has 14 heavy (non-hydrogen) atoms. The Morgan fingerprint density at radius 3 is 2.50 bits per heavy atom. The van der Waals surface area contributed by atoms with Gasteiger partial charge in [0.15, 0.2) is 9.84 Å². The molecule has 80 valence electrons. The summed E-state index contributed by atoms with van der Waals surface area (Å²) in [4.78, 5) is 0. The number of nitrogens with two attached hydrogens (primary N) is 1. The first kappa shape index (κ1) is 11.0. The van der Waals surface area contributed by atoms with E-state index in [9.17, 15) is 8.42 Å². The van der Waals surface area contributed by atoms with Gasteiger partial charge in [-0.1, -0.05) is 6.92 Å². The van der Waals surface area contributed by atoms with Gasteiger partial charge in [0.1, 0.15) is 5.82 Å². The van der Waals surface area contributed by atoms with Gasteiger partial charge >= 0.3 is 0 Å². The Balaban J connectivity index is 3.15. The molecule has 0 aliphatic heterocycles. The molecule has 0 saturated heterocycles. The molecule has 5 nitrogen and oxygen atoms in total. The second kappa shape index (κ2) is 3.61. The van der Waals surface area contributed by atoms with E-state index in [2.05, 4.69) is 5.10 Å². The van der Waals surface area contributed by atoms with Crippen LogP contribution in [0.2, 0.25) is 0 Å². The van der Waals surface area contributed by atoms with Crippen molar-refractivity contribution in [2.24, 2.45) is 7.05 Å². The third kappa shape index (κ3) is 2.25. The number of hydrogen-bond acceptors (Lipinski definition) is 4. The number of nitrogen functional groups attached to an aromatic ring is 1. The van der Waals surface area contributed by atoms with Crippen molar-refractivity contribution in [3.05, 3.63) is 11.3 Å². The topological polar surface area (TPSA) is 78.0 Å². The lowest BCUT2D eigenvalue weighted by Gasteiger charge is -1.98. The second-order valence-corrected chi connectivity index (χ2v) is 5.50. The quantitative estimate of drug-likeness (QED) is 0.779. The van der Waals surface area contributed by atoms with Crippen LogP contribution < -0.4 is 5.73 Å². The van der Waals surface area contributed by atoms with Crippen LogP contribution in [0.3, 0.4) is 0 Å². The molecule has 0 spiro atoms. The van der Waals surface area contributed by atoms with Gasteiger partial charge in [-0.25, -0.2) is 8.42 Å². The molecule has 2 N–H and O–H groups in total. The third-order valence-corrected chi connectivity index (χ3v) is 2.83. The monoisotopic (exact) mass is 217 g/mol. The maximum Gasteiger partial charge on any atom is 0.153 e. The molecule has 0 amide bonds. The molecule has 0 fully saturated rings. The number of rotatable bonds is 3. The van der Waals surface area contributed by atoms with E-state index in [-0.39, 0.29) is 5.75 Å². The van der Waals surface area contributed by atoms with E-state index in [1.54, 1.807) is 7.05 Å². The molecule has 0 bridgehead atoms. The third-order valence-electron chi connectivity index (χ3n) is 2.03. The zero-order valence-electron chi connectivity index (χ0n) is 8.61. The summed E-state index contributed by atoms with van der Waals surface area (Å²) < 4.78 is 23.7. The highest BCUT2D eigenvalue weighted by molar-refractivity contribution is 7.89. The fourth-order valence-electron chi connectivity index (χ4n) is 1.39. The highest BCUT2D eigenvalue weighted by Crippen LogP contribution is 2.18. The average Bonchev–Trinajstić information content (AvgIpc) is 2.24. The molecule has 0 saturated carbocycles. The highest BCUT2D eigenvalue weighted by atomic mass is 32.2. The van der Waals surface area contributed by atoms with E-state index < -0.39 is 9.84 Å². The standard InChI is InChI=1S/C8H15N3O2S/c1-4-6-7(5-14(3,12)13)10-11(2)8(6)9/h4-5,9H2,1-3H3. The SMILES string of the molecule is CCc1c(CS(C)(=O)=O)nn(C)c1N. The molecule has 1 rings (SSSR count). The van der Waals surface area contributed by atoms with Crippen LogP contribution in [0.1, 0.15) is 18.2 Å². The Labute approximate surface area is 83.8 Å². The van der Waals surface area contributed by atoms with Gasteiger partial charge in [0.05, 0.1) is 11.4 Å². The lowest BCUT2D eigenvalue weighted by molar-refractivity contribution is 0.599. The fraction of sp³-hybridized carbons (Fsp3) is 0.625. The van der Waals surface area contributed by atoms with Gasteiger partial charge in [-0.05, 0) is 6.42 Å². The summed E-state index contributed by atoms with van der Waals surface area (Å²) in [5.41, 5.74) is 7.13. The minimum atomic E-state index is -3.04. The first-order valence-corrected chi connectivity index (χ1v) is 6.39. The van der Waals surface area contributed by atoms with E-state index in [1.807, 2.05) is 6.92 Å². The van der Waals surface area contributed by atoms with Crippen LogP contribution >= 0.6 is 0 Å². The predicted octanol–water partition coefficient (Wildman–Crippen LogP) is 0.109. The molecular formula is C8H15N3O2S. The maximum atomic E-state index is 11.1. The molecular weight excluding hydrogens is 202 g/mol. The minimum Gasteiger partial charge on any atom is -0.384 e. The Hall–Kier alpha value is -1.04. The molecule has 1 heterocycles. The molecule has 0 atom stereocenters. The van der Waals surface area contributed by atoms with Crippen molar-refractivity contribution in [3.63, 3.8) is 0 Å². The van der Waals surface area contributed by atoms with Crippen LogP contribution in [0.5, 0.6) is 0 Å². The number of aromatic nitrogens is 2. The second-order valence-electron chi connectivity index (χ2n) is 3.36. The van der Waals surface area contributed by atoms with Crippen molar-refractivity contribution in [2.45, 2.75) is 19.1 Å². The summed E-state index contributed by atoms with van der Waals surface area (Å²) in [5, 5.41) is 4.08. The molecule has 1 aromatic rings. The number of anilines is 1. The Morgan fingerprint density at radius 1 is 1.50 bits per heavy atom. The van der Waals surface area contributed by atoms with Gasteiger partial charge in [0.25, 0.3) is 0 Å². The Morgan fingerprint density at radius 2 is 2.07 bits per heavy atom. The fourth-order valence-corrected chi connectivity index (χ4v) is 2.12. The van der Waals surface area contributed by atoms with E-state index in [0.29, 0.717) is 17.9 Å². The van der Waals surface area contributed by atoms with Crippen molar-refractivity contribution in [1.82, 2.24) is 9.78 Å². The van der Waals surface area contributed by atoms with Crippen LogP contribution in [-0.2, 0) is 29.1 Å². The van der Waals surface area contributed by atoms with E-state index in [1.165, 1.54) is 10.9 Å². The average molecular weight is 217 g/mol. The number of sulfone groups is 1. The summed E-state index contributed by atoms with van der Waals surface area (Å²) in [6.45, 7) is 1.93. The number of hydrogen-bond donors (Lipinski definition) is 1. The summed E-state index contributed by atoms with van der Waals surface area (Å²) >= 11 is 0. The zero-order chi connectivity index (χ0) is 10.9. The van der Waals surface area contributed by atoms with Crippen molar-refractivity contribution in [2.75, 3.05) is 12.0 Å². The number of nitrogens with zero attached hydrogens (tertiary/aromatic N) is 2. The smallest absolute Gasteiger partial charge is 0.153 e. The van der Waals surface area contributed by atoms with Gasteiger partial charge in [-0.15, -0.1) is 0 Å².